The van der Waals surface area contributed by atoms with E-state index in [2.05, 4.69) is 90.2 Å². The molecule has 0 saturated heterocycles. The molecular weight excluding hydrogens is 494 g/mol. The zero-order valence-electron chi connectivity index (χ0n) is 21.9. The molecule has 4 heteroatoms. The first-order chi connectivity index (χ1) is 19.3. The second kappa shape index (κ2) is 13.0. The van der Waals surface area contributed by atoms with Gasteiger partial charge in [-0.2, -0.15) is 0 Å². The molecule has 0 aliphatic rings. The molecule has 0 aromatic heterocycles. The minimum Gasteiger partial charge on any atom is -0.392 e. The number of benzene rings is 5. The summed E-state index contributed by atoms with van der Waals surface area (Å²) in [5.41, 5.74) is 2.25. The molecule has 0 spiro atoms. The van der Waals surface area contributed by atoms with Crippen molar-refractivity contribution in [3.63, 3.8) is 0 Å². The Morgan fingerprint density at radius 2 is 0.949 bits per heavy atom. The first-order valence-electron chi connectivity index (χ1n) is 13.5. The lowest BCUT2D eigenvalue weighted by molar-refractivity contribution is -0.128. The second-order valence-corrected chi connectivity index (χ2v) is 12.9. The van der Waals surface area contributed by atoms with Crippen molar-refractivity contribution < 1.29 is 9.22 Å². The van der Waals surface area contributed by atoms with Gasteiger partial charge in [0.05, 0.1) is 0 Å². The molecule has 0 saturated carbocycles. The number of rotatable bonds is 11. The van der Waals surface area contributed by atoms with Crippen LogP contribution in [-0.4, -0.2) is 20.3 Å². The highest BCUT2D eigenvalue weighted by molar-refractivity contribution is 7.07. The highest BCUT2D eigenvalue weighted by atomic mass is 28.4. The quantitative estimate of drug-likeness (QED) is 0.194. The van der Waals surface area contributed by atoms with Gasteiger partial charge in [0.1, 0.15) is 6.10 Å². The maximum Gasteiger partial charge on any atom is 0.289 e. The normalized spacial score (nSPS) is 12.0. The molecule has 5 aromatic rings. The van der Waals surface area contributed by atoms with Crippen molar-refractivity contribution in [3.05, 3.63) is 163 Å². The lowest BCUT2D eigenvalue weighted by Gasteiger charge is -2.36. The SMILES string of the molecule is O=C(NCc1ccccc1)C(CCc1ccccc1)O[Si](c1ccccc1)(c1ccccc1)c1ccccc1. The predicted octanol–water partition coefficient (Wildman–Crippen LogP) is 4.99. The van der Waals surface area contributed by atoms with Crippen molar-refractivity contribution in [2.45, 2.75) is 25.5 Å². The van der Waals surface area contributed by atoms with Crippen LogP contribution >= 0.6 is 0 Å². The van der Waals surface area contributed by atoms with Gasteiger partial charge in [-0.3, -0.25) is 4.79 Å². The summed E-state index contributed by atoms with van der Waals surface area (Å²) < 4.78 is 7.30. The fourth-order valence-electron chi connectivity index (χ4n) is 5.02. The van der Waals surface area contributed by atoms with E-state index < -0.39 is 14.4 Å². The molecule has 0 radical (unpaired) electrons. The monoisotopic (exact) mass is 527 g/mol. The van der Waals surface area contributed by atoms with Crippen molar-refractivity contribution in [2.75, 3.05) is 0 Å². The first-order valence-corrected chi connectivity index (χ1v) is 15.4. The van der Waals surface area contributed by atoms with Crippen molar-refractivity contribution in [1.82, 2.24) is 5.32 Å². The topological polar surface area (TPSA) is 38.3 Å². The van der Waals surface area contributed by atoms with Crippen LogP contribution in [0.5, 0.6) is 0 Å². The van der Waals surface area contributed by atoms with E-state index in [0.29, 0.717) is 13.0 Å². The molecule has 1 atom stereocenters. The Kier molecular flexibility index (Phi) is 8.79. The fraction of sp³-hybridized carbons (Fsp3) is 0.114. The lowest BCUT2D eigenvalue weighted by Crippen LogP contribution is -2.71. The molecule has 5 rings (SSSR count). The van der Waals surface area contributed by atoms with Gasteiger partial charge >= 0.3 is 0 Å². The number of amides is 1. The summed E-state index contributed by atoms with van der Waals surface area (Å²) in [4.78, 5) is 13.9. The molecule has 39 heavy (non-hydrogen) atoms. The molecule has 5 aromatic carbocycles. The maximum atomic E-state index is 13.9. The van der Waals surface area contributed by atoms with Crippen LogP contribution in [0.25, 0.3) is 0 Å². The maximum absolute atomic E-state index is 13.9. The Balaban J connectivity index is 1.56. The van der Waals surface area contributed by atoms with Gasteiger partial charge in [-0.05, 0) is 39.5 Å². The molecular formula is C35H33NO2Si. The van der Waals surface area contributed by atoms with Crippen molar-refractivity contribution >= 4 is 29.8 Å². The van der Waals surface area contributed by atoms with Crippen LogP contribution in [0.2, 0.25) is 0 Å². The van der Waals surface area contributed by atoms with Gasteiger partial charge in [-0.25, -0.2) is 0 Å². The van der Waals surface area contributed by atoms with E-state index in [1.165, 1.54) is 5.56 Å². The van der Waals surface area contributed by atoms with E-state index in [-0.39, 0.29) is 5.91 Å². The highest BCUT2D eigenvalue weighted by Gasteiger charge is 2.45. The van der Waals surface area contributed by atoms with Crippen LogP contribution in [0.1, 0.15) is 17.5 Å². The minimum absolute atomic E-state index is 0.0885. The third-order valence-corrected chi connectivity index (χ3v) is 11.1. The van der Waals surface area contributed by atoms with Gasteiger partial charge in [0.2, 0.25) is 5.91 Å². The summed E-state index contributed by atoms with van der Waals surface area (Å²) in [5.74, 6) is -0.0885. The smallest absolute Gasteiger partial charge is 0.289 e. The van der Waals surface area contributed by atoms with E-state index in [4.69, 9.17) is 4.43 Å². The van der Waals surface area contributed by atoms with Gasteiger partial charge in [0, 0.05) is 6.54 Å². The van der Waals surface area contributed by atoms with Gasteiger partial charge in [-0.1, -0.05) is 152 Å². The first kappa shape index (κ1) is 26.4. The average Bonchev–Trinajstić information content (AvgIpc) is 3.02. The Morgan fingerprint density at radius 3 is 1.38 bits per heavy atom. The van der Waals surface area contributed by atoms with Crippen molar-refractivity contribution in [2.24, 2.45) is 0 Å². The Labute approximate surface area is 232 Å². The van der Waals surface area contributed by atoms with Gasteiger partial charge in [0.25, 0.3) is 8.32 Å². The lowest BCUT2D eigenvalue weighted by atomic mass is 10.1. The molecule has 194 valence electrons. The molecule has 3 nitrogen and oxygen atoms in total. The van der Waals surface area contributed by atoms with Crippen LogP contribution in [0, 0.1) is 0 Å². The Hall–Kier alpha value is -4.25. The molecule has 1 N–H and O–H groups in total. The molecule has 0 bridgehead atoms. The minimum atomic E-state index is -3.06. The summed E-state index contributed by atoms with van der Waals surface area (Å²) in [6.45, 7) is 0.460. The number of nitrogens with one attached hydrogen (secondary N) is 1. The zero-order valence-corrected chi connectivity index (χ0v) is 22.9. The summed E-state index contributed by atoms with van der Waals surface area (Å²) in [5, 5.41) is 6.51. The number of aryl methyl sites for hydroxylation is 1. The summed E-state index contributed by atoms with van der Waals surface area (Å²) in [6.07, 6.45) is 0.681. The molecule has 0 aliphatic carbocycles. The van der Waals surface area contributed by atoms with Gasteiger partial charge in [-0.15, -0.1) is 0 Å². The average molecular weight is 528 g/mol. The number of carbonyl (C=O) groups is 1. The third-order valence-electron chi connectivity index (χ3n) is 7.00. The van der Waals surface area contributed by atoms with Gasteiger partial charge < -0.3 is 9.74 Å². The van der Waals surface area contributed by atoms with Crippen LogP contribution in [0.4, 0.5) is 0 Å². The van der Waals surface area contributed by atoms with E-state index in [0.717, 1.165) is 27.5 Å². The van der Waals surface area contributed by atoms with Crippen LogP contribution in [0.3, 0.4) is 0 Å². The molecule has 0 aliphatic heterocycles. The van der Waals surface area contributed by atoms with Gasteiger partial charge in [0.15, 0.2) is 0 Å². The standard InChI is InChI=1S/C35H33NO2Si/c37-35(36-28-30-18-8-2-9-19-30)34(27-26-29-16-6-1-7-17-29)38-39(31-20-10-3-11-21-31,32-22-12-4-13-23-32)33-24-14-5-15-25-33/h1-25,34H,26-28H2,(H,36,37). The van der Waals surface area contributed by atoms with Crippen molar-refractivity contribution in [3.8, 4) is 0 Å². The fourth-order valence-corrected chi connectivity index (χ4v) is 9.07. The largest absolute Gasteiger partial charge is 0.392 e. The molecule has 1 amide bonds. The summed E-state index contributed by atoms with van der Waals surface area (Å²) in [7, 11) is -3.06. The molecule has 0 heterocycles. The zero-order chi connectivity index (χ0) is 26.8. The summed E-state index contributed by atoms with van der Waals surface area (Å²) >= 11 is 0. The van der Waals surface area contributed by atoms with Crippen LogP contribution in [-0.2, 0) is 22.2 Å². The Bertz CT molecular complexity index is 1330. The molecule has 0 fully saturated rings. The van der Waals surface area contributed by atoms with E-state index in [1.54, 1.807) is 0 Å². The molecule has 1 unspecified atom stereocenters. The van der Waals surface area contributed by atoms with E-state index in [1.807, 2.05) is 66.7 Å². The Morgan fingerprint density at radius 1 is 0.564 bits per heavy atom. The number of hydrogen-bond donors (Lipinski definition) is 1. The number of carbonyl (C=O) groups excluding carboxylic acids is 1. The van der Waals surface area contributed by atoms with Crippen LogP contribution in [0.15, 0.2) is 152 Å². The number of hydrogen-bond acceptors (Lipinski definition) is 2. The van der Waals surface area contributed by atoms with Crippen LogP contribution < -0.4 is 20.9 Å². The van der Waals surface area contributed by atoms with E-state index >= 15 is 0 Å². The second-order valence-electron chi connectivity index (χ2n) is 9.61. The van der Waals surface area contributed by atoms with E-state index in [9.17, 15) is 4.79 Å². The predicted molar refractivity (Wildman–Crippen MR) is 162 cm³/mol. The highest BCUT2D eigenvalue weighted by Crippen LogP contribution is 2.17. The van der Waals surface area contributed by atoms with Crippen molar-refractivity contribution in [1.29, 1.82) is 0 Å². The third kappa shape index (κ3) is 6.43. The summed E-state index contributed by atoms with van der Waals surface area (Å²) in [6, 6.07) is 51.6.